The van der Waals surface area contributed by atoms with Crippen LogP contribution in [0.25, 0.3) is 22.8 Å². The lowest BCUT2D eigenvalue weighted by molar-refractivity contribution is -0.120. The molecule has 2 aliphatic rings. The molecule has 5 aromatic rings. The molecule has 0 aliphatic carbocycles. The minimum atomic E-state index is -0.566. The SMILES string of the molecule is Cc1cc(C(=O)N2CCCC2C(=O)Nc2ccc(-c3cnc(-c4ccc(NC(=O)C5CCCN5C(=O)c5cc(C)oc5C)cc4)o3)cc2)c(C)o1. The molecule has 12 heteroatoms. The highest BCUT2D eigenvalue weighted by molar-refractivity contribution is 6.03. The third-order valence-electron chi connectivity index (χ3n) is 9.52. The van der Waals surface area contributed by atoms with Gasteiger partial charge in [0.1, 0.15) is 35.1 Å². The van der Waals surface area contributed by atoms with Gasteiger partial charge in [0.25, 0.3) is 11.8 Å². The lowest BCUT2D eigenvalue weighted by Gasteiger charge is -2.23. The van der Waals surface area contributed by atoms with E-state index in [1.807, 2.05) is 24.3 Å². The number of oxazole rings is 1. The lowest BCUT2D eigenvalue weighted by Crippen LogP contribution is -2.43. The minimum absolute atomic E-state index is 0.196. The Balaban J connectivity index is 0.954. The second-order valence-electron chi connectivity index (χ2n) is 13.1. The van der Waals surface area contributed by atoms with Crippen LogP contribution in [0, 0.1) is 27.7 Å². The third kappa shape index (κ3) is 6.81. The van der Waals surface area contributed by atoms with Crippen LogP contribution >= 0.6 is 0 Å². The molecule has 2 saturated heterocycles. The molecule has 0 saturated carbocycles. The third-order valence-corrected chi connectivity index (χ3v) is 9.52. The molecule has 7 rings (SSSR count). The number of hydrogen-bond acceptors (Lipinski definition) is 8. The first-order valence-electron chi connectivity index (χ1n) is 17.1. The molecule has 2 unspecified atom stereocenters. The van der Waals surface area contributed by atoms with Crippen LogP contribution in [0.3, 0.4) is 0 Å². The molecular formula is C39H39N5O7. The summed E-state index contributed by atoms with van der Waals surface area (Å²) in [6.45, 7) is 8.12. The van der Waals surface area contributed by atoms with Gasteiger partial charge in [-0.15, -0.1) is 0 Å². The summed E-state index contributed by atoms with van der Waals surface area (Å²) in [5, 5.41) is 5.89. The molecular weight excluding hydrogens is 650 g/mol. The number of aromatic nitrogens is 1. The summed E-state index contributed by atoms with van der Waals surface area (Å²) in [6, 6.07) is 16.7. The van der Waals surface area contributed by atoms with Gasteiger partial charge in [-0.3, -0.25) is 19.2 Å². The summed E-state index contributed by atoms with van der Waals surface area (Å²) in [6.07, 6.45) is 4.31. The van der Waals surface area contributed by atoms with Crippen LogP contribution in [0.4, 0.5) is 11.4 Å². The monoisotopic (exact) mass is 689 g/mol. The quantitative estimate of drug-likeness (QED) is 0.178. The predicted octanol–water partition coefficient (Wildman–Crippen LogP) is 6.91. The lowest BCUT2D eigenvalue weighted by atomic mass is 10.1. The highest BCUT2D eigenvalue weighted by Gasteiger charge is 2.37. The maximum absolute atomic E-state index is 13.2. The van der Waals surface area contributed by atoms with E-state index < -0.39 is 12.1 Å². The second kappa shape index (κ2) is 13.8. The van der Waals surface area contributed by atoms with E-state index in [1.165, 1.54) is 0 Å². The molecule has 2 aliphatic heterocycles. The van der Waals surface area contributed by atoms with Crippen molar-refractivity contribution in [1.82, 2.24) is 14.8 Å². The van der Waals surface area contributed by atoms with Crippen LogP contribution in [-0.4, -0.2) is 63.6 Å². The van der Waals surface area contributed by atoms with E-state index in [-0.39, 0.29) is 23.6 Å². The molecule has 0 radical (unpaired) electrons. The Kier molecular flexibility index (Phi) is 9.07. The molecule has 262 valence electrons. The molecule has 12 nitrogen and oxygen atoms in total. The van der Waals surface area contributed by atoms with Gasteiger partial charge in [-0.25, -0.2) is 4.98 Å². The van der Waals surface area contributed by atoms with Crippen molar-refractivity contribution in [1.29, 1.82) is 0 Å². The Morgan fingerprint density at radius 2 is 1.10 bits per heavy atom. The number of hydrogen-bond donors (Lipinski definition) is 2. The summed E-state index contributed by atoms with van der Waals surface area (Å²) in [5.41, 5.74) is 3.68. The highest BCUT2D eigenvalue weighted by Crippen LogP contribution is 2.30. The van der Waals surface area contributed by atoms with Gasteiger partial charge in [0.2, 0.25) is 17.7 Å². The van der Waals surface area contributed by atoms with Crippen molar-refractivity contribution in [3.63, 3.8) is 0 Å². The summed E-state index contributed by atoms with van der Waals surface area (Å²) in [5.74, 6) is 2.51. The van der Waals surface area contributed by atoms with Crippen molar-refractivity contribution in [2.24, 2.45) is 0 Å². The fraction of sp³-hybridized carbons (Fsp3) is 0.308. The first kappa shape index (κ1) is 33.6. The number of benzene rings is 2. The molecule has 2 atom stereocenters. The largest absolute Gasteiger partial charge is 0.466 e. The van der Waals surface area contributed by atoms with Gasteiger partial charge in [-0.2, -0.15) is 0 Å². The predicted molar refractivity (Wildman–Crippen MR) is 189 cm³/mol. The number of likely N-dealkylation sites (tertiary alicyclic amines) is 2. The van der Waals surface area contributed by atoms with Crippen molar-refractivity contribution in [3.8, 4) is 22.8 Å². The Bertz CT molecular complexity index is 1960. The molecule has 2 N–H and O–H groups in total. The molecule has 4 amide bonds. The summed E-state index contributed by atoms with van der Waals surface area (Å²) in [7, 11) is 0. The van der Waals surface area contributed by atoms with Crippen LogP contribution in [-0.2, 0) is 9.59 Å². The fourth-order valence-corrected chi connectivity index (χ4v) is 6.97. The summed E-state index contributed by atoms with van der Waals surface area (Å²) >= 11 is 0. The van der Waals surface area contributed by atoms with Gasteiger partial charge in [-0.05, 0) is 114 Å². The molecule has 2 fully saturated rings. The van der Waals surface area contributed by atoms with Crippen molar-refractivity contribution < 1.29 is 32.4 Å². The van der Waals surface area contributed by atoms with Gasteiger partial charge >= 0.3 is 0 Å². The smallest absolute Gasteiger partial charge is 0.258 e. The highest BCUT2D eigenvalue weighted by atomic mass is 16.4. The number of anilines is 2. The normalized spacial score (nSPS) is 17.2. The number of nitrogens with one attached hydrogen (secondary N) is 2. The molecule has 51 heavy (non-hydrogen) atoms. The van der Waals surface area contributed by atoms with Crippen molar-refractivity contribution >= 4 is 35.0 Å². The summed E-state index contributed by atoms with van der Waals surface area (Å²) in [4.78, 5) is 60.5. The van der Waals surface area contributed by atoms with Crippen molar-refractivity contribution in [2.45, 2.75) is 65.5 Å². The minimum Gasteiger partial charge on any atom is -0.466 e. The number of aryl methyl sites for hydroxylation is 4. The van der Waals surface area contributed by atoms with Crippen LogP contribution in [0.2, 0.25) is 0 Å². The van der Waals surface area contributed by atoms with Gasteiger partial charge in [0, 0.05) is 35.6 Å². The first-order valence-corrected chi connectivity index (χ1v) is 17.1. The number of carbonyl (C=O) groups is 4. The first-order chi connectivity index (χ1) is 24.5. The van der Waals surface area contributed by atoms with Gasteiger partial charge < -0.3 is 33.7 Å². The Morgan fingerprint density at radius 3 is 1.53 bits per heavy atom. The van der Waals surface area contributed by atoms with E-state index in [2.05, 4.69) is 15.6 Å². The number of rotatable bonds is 8. The number of carbonyl (C=O) groups excluding carboxylic acids is 4. The topological polar surface area (TPSA) is 151 Å². The maximum Gasteiger partial charge on any atom is 0.258 e. The fourth-order valence-electron chi connectivity index (χ4n) is 6.97. The molecule has 3 aromatic heterocycles. The molecule has 2 aromatic carbocycles. The van der Waals surface area contributed by atoms with Crippen molar-refractivity contribution in [2.75, 3.05) is 23.7 Å². The van der Waals surface area contributed by atoms with Crippen LogP contribution < -0.4 is 10.6 Å². The van der Waals surface area contributed by atoms with E-state index >= 15 is 0 Å². The average Bonchev–Trinajstić information content (AvgIpc) is 3.96. The standard InChI is InChI=1S/C39H39N5O7/c1-22-19-30(24(3)49-22)38(47)43-17-5-7-32(43)35(45)41-28-13-9-26(10-14-28)34-21-40-37(51-34)27-11-15-29(16-12-27)42-36(46)33-8-6-18-44(33)39(48)31-20-23(2)50-25(31)4/h9-16,19-21,32-33H,5-8,17-18H2,1-4H3,(H,41,45)(H,42,46). The zero-order chi connectivity index (χ0) is 35.8. The summed E-state index contributed by atoms with van der Waals surface area (Å²) < 4.78 is 17.1. The number of nitrogens with zero attached hydrogens (tertiary/aromatic N) is 3. The Labute approximate surface area is 294 Å². The van der Waals surface area contributed by atoms with Crippen LogP contribution in [0.1, 0.15) is 69.4 Å². The van der Waals surface area contributed by atoms with Crippen LogP contribution in [0.15, 0.2) is 80.1 Å². The second-order valence-corrected chi connectivity index (χ2v) is 13.1. The number of furan rings is 2. The zero-order valence-electron chi connectivity index (χ0n) is 28.9. The van der Waals surface area contributed by atoms with E-state index in [0.29, 0.717) is 83.1 Å². The van der Waals surface area contributed by atoms with Gasteiger partial charge in [0.15, 0.2) is 5.76 Å². The average molecular weight is 690 g/mol. The van der Waals surface area contributed by atoms with Crippen LogP contribution in [0.5, 0.6) is 0 Å². The maximum atomic E-state index is 13.2. The van der Waals surface area contributed by atoms with E-state index in [4.69, 9.17) is 13.3 Å². The molecule has 0 bridgehead atoms. The van der Waals surface area contributed by atoms with Crippen molar-refractivity contribution in [3.05, 3.63) is 101 Å². The zero-order valence-corrected chi connectivity index (χ0v) is 28.9. The molecule has 0 spiro atoms. The van der Waals surface area contributed by atoms with E-state index in [9.17, 15) is 19.2 Å². The van der Waals surface area contributed by atoms with E-state index in [0.717, 1.165) is 24.0 Å². The van der Waals surface area contributed by atoms with Gasteiger partial charge in [0.05, 0.1) is 17.3 Å². The number of amides is 4. The molecule has 5 heterocycles. The van der Waals surface area contributed by atoms with Gasteiger partial charge in [-0.1, -0.05) is 0 Å². The Morgan fingerprint density at radius 1 is 0.647 bits per heavy atom. The van der Waals surface area contributed by atoms with E-state index in [1.54, 1.807) is 80.1 Å². The Hall–Kier alpha value is -5.91.